The first-order chi connectivity index (χ1) is 21.5. The Bertz CT molecular complexity index is 1680. The van der Waals surface area contributed by atoms with Crippen molar-refractivity contribution >= 4 is 40.3 Å². The van der Waals surface area contributed by atoms with Crippen LogP contribution in [-0.4, -0.2) is 53.1 Å². The highest BCUT2D eigenvalue weighted by Gasteiger charge is 2.42. The van der Waals surface area contributed by atoms with E-state index >= 15 is 0 Å². The van der Waals surface area contributed by atoms with Crippen molar-refractivity contribution < 1.29 is 42.2 Å². The number of amides is 2. The number of esters is 2. The Morgan fingerprint density at radius 1 is 0.911 bits per heavy atom. The van der Waals surface area contributed by atoms with E-state index in [1.807, 2.05) is 42.5 Å². The SMILES string of the molecule is O=C(CCCNc1ccccn1)NCC(=O)NC(CC(=O)OC(=O)C(F)(F)F)c1ccc(-c2cccc3ccccc23)cc1O. The quantitative estimate of drug-likeness (QED) is 0.100. The molecule has 4 N–H and O–H groups in total. The number of hydrogen-bond acceptors (Lipinski definition) is 8. The van der Waals surface area contributed by atoms with Crippen molar-refractivity contribution in [3.8, 4) is 16.9 Å². The Balaban J connectivity index is 1.43. The van der Waals surface area contributed by atoms with Crippen LogP contribution in [0.5, 0.6) is 5.75 Å². The van der Waals surface area contributed by atoms with Gasteiger partial charge in [0, 0.05) is 24.7 Å². The number of aromatic nitrogens is 1. The van der Waals surface area contributed by atoms with E-state index < -0.39 is 48.9 Å². The topological polar surface area (TPSA) is 147 Å². The number of anilines is 1. The minimum absolute atomic E-state index is 0.0179. The number of ether oxygens (including phenoxy) is 1. The van der Waals surface area contributed by atoms with E-state index in [0.717, 1.165) is 16.3 Å². The molecule has 0 spiro atoms. The predicted molar refractivity (Wildman–Crippen MR) is 159 cm³/mol. The largest absolute Gasteiger partial charge is 0.508 e. The van der Waals surface area contributed by atoms with E-state index in [2.05, 4.69) is 25.7 Å². The van der Waals surface area contributed by atoms with Crippen molar-refractivity contribution in [2.45, 2.75) is 31.5 Å². The lowest BCUT2D eigenvalue weighted by Crippen LogP contribution is -2.39. The van der Waals surface area contributed by atoms with Crippen LogP contribution in [-0.2, 0) is 23.9 Å². The molecule has 1 atom stereocenters. The highest BCUT2D eigenvalue weighted by molar-refractivity contribution is 5.97. The Kier molecular flexibility index (Phi) is 10.7. The molecule has 4 rings (SSSR count). The molecule has 45 heavy (non-hydrogen) atoms. The summed E-state index contributed by atoms with van der Waals surface area (Å²) < 4.78 is 41.9. The number of alkyl halides is 3. The third kappa shape index (κ3) is 9.26. The zero-order valence-electron chi connectivity index (χ0n) is 23.8. The molecule has 1 aromatic heterocycles. The summed E-state index contributed by atoms with van der Waals surface area (Å²) in [6.45, 7) is -0.0696. The molecule has 0 saturated carbocycles. The van der Waals surface area contributed by atoms with Gasteiger partial charge in [-0.2, -0.15) is 13.2 Å². The number of nitrogens with zero attached hydrogens (tertiary/aromatic N) is 1. The molecule has 1 heterocycles. The van der Waals surface area contributed by atoms with Gasteiger partial charge >= 0.3 is 18.1 Å². The number of aromatic hydroxyl groups is 1. The van der Waals surface area contributed by atoms with E-state index in [9.17, 15) is 37.5 Å². The fourth-order valence-corrected chi connectivity index (χ4v) is 4.54. The Hall–Kier alpha value is -5.46. The van der Waals surface area contributed by atoms with Gasteiger partial charge in [0.15, 0.2) is 0 Å². The van der Waals surface area contributed by atoms with Crippen LogP contribution >= 0.6 is 0 Å². The van der Waals surface area contributed by atoms with Crippen LogP contribution in [0.4, 0.5) is 19.0 Å². The molecular weight excluding hydrogens is 593 g/mol. The van der Waals surface area contributed by atoms with Gasteiger partial charge in [-0.1, -0.05) is 60.7 Å². The fraction of sp³-hybridized carbons (Fsp3) is 0.219. The van der Waals surface area contributed by atoms with Crippen molar-refractivity contribution in [1.29, 1.82) is 0 Å². The summed E-state index contributed by atoms with van der Waals surface area (Å²) in [5.41, 5.74) is 1.36. The summed E-state index contributed by atoms with van der Waals surface area (Å²) in [5, 5.41) is 20.7. The number of hydrogen-bond donors (Lipinski definition) is 4. The van der Waals surface area contributed by atoms with Gasteiger partial charge in [-0.15, -0.1) is 0 Å². The van der Waals surface area contributed by atoms with E-state index in [4.69, 9.17) is 0 Å². The number of rotatable bonds is 12. The summed E-state index contributed by atoms with van der Waals surface area (Å²) in [6.07, 6.45) is -4.19. The maximum atomic E-state index is 12.7. The molecular formula is C32H29F3N4O6. The van der Waals surface area contributed by atoms with E-state index in [1.54, 1.807) is 30.5 Å². The molecule has 4 aromatic rings. The number of pyridine rings is 1. The van der Waals surface area contributed by atoms with E-state index in [0.29, 0.717) is 24.3 Å². The molecule has 0 bridgehead atoms. The number of phenolic OH excluding ortho intramolecular Hbond substituents is 1. The molecule has 0 aliphatic heterocycles. The Morgan fingerprint density at radius 2 is 1.67 bits per heavy atom. The van der Waals surface area contributed by atoms with Crippen LogP contribution in [0.25, 0.3) is 21.9 Å². The molecule has 0 aliphatic rings. The monoisotopic (exact) mass is 622 g/mol. The molecule has 0 saturated heterocycles. The Labute approximate surface area is 255 Å². The minimum Gasteiger partial charge on any atom is -0.508 e. The summed E-state index contributed by atoms with van der Waals surface area (Å²) >= 11 is 0. The third-order valence-corrected chi connectivity index (χ3v) is 6.65. The van der Waals surface area contributed by atoms with E-state index in [-0.39, 0.29) is 17.7 Å². The Morgan fingerprint density at radius 3 is 2.40 bits per heavy atom. The zero-order valence-corrected chi connectivity index (χ0v) is 23.8. The van der Waals surface area contributed by atoms with Crippen LogP contribution in [0.15, 0.2) is 85.1 Å². The van der Waals surface area contributed by atoms with Crippen molar-refractivity contribution in [3.05, 3.63) is 90.6 Å². The van der Waals surface area contributed by atoms with Gasteiger partial charge in [-0.05, 0) is 46.5 Å². The first-order valence-electron chi connectivity index (χ1n) is 13.8. The highest BCUT2D eigenvalue weighted by atomic mass is 19.4. The first kappa shape index (κ1) is 32.5. The summed E-state index contributed by atoms with van der Waals surface area (Å²) in [7, 11) is 0. The second kappa shape index (κ2) is 14.8. The minimum atomic E-state index is -5.41. The number of phenols is 1. The van der Waals surface area contributed by atoms with Gasteiger partial charge in [0.1, 0.15) is 11.6 Å². The summed E-state index contributed by atoms with van der Waals surface area (Å²) in [4.78, 5) is 52.5. The lowest BCUT2D eigenvalue weighted by atomic mass is 9.95. The van der Waals surface area contributed by atoms with Crippen molar-refractivity contribution in [3.63, 3.8) is 0 Å². The standard InChI is InChI=1S/C32H29F3N4O6/c33-32(34,35)31(44)45-30(43)18-25(39-29(42)19-38-28(41)12-6-16-37-27-11-3-4-15-36-27)24-14-13-21(17-26(24)40)23-10-5-8-20-7-1-2-9-22(20)23/h1-5,7-11,13-15,17,25,40H,6,12,16,18-19H2,(H,36,37)(H,38,41)(H,39,42). The molecule has 10 nitrogen and oxygen atoms in total. The molecule has 2 amide bonds. The van der Waals surface area contributed by atoms with Gasteiger partial charge in [-0.25, -0.2) is 9.78 Å². The maximum absolute atomic E-state index is 12.7. The van der Waals surface area contributed by atoms with Crippen LogP contribution in [0, 0.1) is 0 Å². The molecule has 234 valence electrons. The fourth-order valence-electron chi connectivity index (χ4n) is 4.54. The molecule has 0 fully saturated rings. The average molecular weight is 623 g/mol. The lowest BCUT2D eigenvalue weighted by Gasteiger charge is -2.20. The molecule has 13 heteroatoms. The summed E-state index contributed by atoms with van der Waals surface area (Å²) in [5.74, 6) is -5.26. The van der Waals surface area contributed by atoms with Crippen molar-refractivity contribution in [1.82, 2.24) is 15.6 Å². The average Bonchev–Trinajstić information content (AvgIpc) is 3.01. The molecule has 3 aromatic carbocycles. The van der Waals surface area contributed by atoms with Gasteiger partial charge in [0.25, 0.3) is 0 Å². The second-order valence-corrected chi connectivity index (χ2v) is 9.91. The maximum Gasteiger partial charge on any atom is 0.491 e. The van der Waals surface area contributed by atoms with Crippen molar-refractivity contribution in [2.24, 2.45) is 0 Å². The number of benzene rings is 3. The molecule has 0 radical (unpaired) electrons. The van der Waals surface area contributed by atoms with Crippen LogP contribution in [0.3, 0.4) is 0 Å². The lowest BCUT2D eigenvalue weighted by molar-refractivity contribution is -0.202. The highest BCUT2D eigenvalue weighted by Crippen LogP contribution is 2.35. The van der Waals surface area contributed by atoms with E-state index in [1.165, 1.54) is 12.1 Å². The zero-order chi connectivity index (χ0) is 32.4. The third-order valence-electron chi connectivity index (χ3n) is 6.65. The first-order valence-corrected chi connectivity index (χ1v) is 13.8. The number of nitrogens with one attached hydrogen (secondary N) is 3. The van der Waals surface area contributed by atoms with Gasteiger partial charge < -0.3 is 25.8 Å². The van der Waals surface area contributed by atoms with Crippen LogP contribution in [0.2, 0.25) is 0 Å². The van der Waals surface area contributed by atoms with Crippen LogP contribution < -0.4 is 16.0 Å². The number of carbonyl (C=O) groups excluding carboxylic acids is 4. The van der Waals surface area contributed by atoms with Gasteiger partial charge in [0.2, 0.25) is 11.8 Å². The number of fused-ring (bicyclic) bond motifs is 1. The number of halogens is 3. The molecule has 0 aliphatic carbocycles. The predicted octanol–water partition coefficient (Wildman–Crippen LogP) is 4.80. The van der Waals surface area contributed by atoms with Crippen molar-refractivity contribution in [2.75, 3.05) is 18.4 Å². The summed E-state index contributed by atoms with van der Waals surface area (Å²) in [6, 6.07) is 21.5. The number of carbonyl (C=O) groups is 4. The smallest absolute Gasteiger partial charge is 0.491 e. The van der Waals surface area contributed by atoms with Gasteiger partial charge in [0.05, 0.1) is 19.0 Å². The molecule has 1 unspecified atom stereocenters. The van der Waals surface area contributed by atoms with Crippen LogP contribution in [0.1, 0.15) is 30.9 Å². The second-order valence-electron chi connectivity index (χ2n) is 9.91. The van der Waals surface area contributed by atoms with Gasteiger partial charge in [-0.3, -0.25) is 14.4 Å². The normalized spacial score (nSPS) is 11.8.